The summed E-state index contributed by atoms with van der Waals surface area (Å²) >= 11 is 0. The van der Waals surface area contributed by atoms with Gasteiger partial charge < -0.3 is 9.88 Å². The molecule has 4 heteroatoms. The van der Waals surface area contributed by atoms with E-state index in [1.807, 2.05) is 6.92 Å². The van der Waals surface area contributed by atoms with Gasteiger partial charge in [0, 0.05) is 25.0 Å². The van der Waals surface area contributed by atoms with Crippen LogP contribution in [-0.2, 0) is 6.54 Å². The van der Waals surface area contributed by atoms with Gasteiger partial charge >= 0.3 is 0 Å². The first-order valence-electron chi connectivity index (χ1n) is 6.04. The number of anilines is 1. The molecule has 1 aromatic rings. The van der Waals surface area contributed by atoms with Crippen molar-refractivity contribution in [2.24, 2.45) is 5.92 Å². The Kier molecular flexibility index (Phi) is 3.27. The molecule has 0 radical (unpaired) electrons. The van der Waals surface area contributed by atoms with Gasteiger partial charge in [-0.3, -0.25) is 4.79 Å². The van der Waals surface area contributed by atoms with Crippen molar-refractivity contribution in [1.82, 2.24) is 9.55 Å². The molecule has 2 rings (SSSR count). The lowest BCUT2D eigenvalue weighted by atomic mass is 9.80. The van der Waals surface area contributed by atoms with Crippen molar-refractivity contribution in [1.29, 1.82) is 0 Å². The molecule has 0 saturated heterocycles. The van der Waals surface area contributed by atoms with Crippen molar-refractivity contribution < 1.29 is 0 Å². The van der Waals surface area contributed by atoms with Gasteiger partial charge in [0.25, 0.3) is 5.56 Å². The minimum atomic E-state index is -0.0174. The third-order valence-corrected chi connectivity index (χ3v) is 3.48. The van der Waals surface area contributed by atoms with E-state index >= 15 is 0 Å². The number of nitrogens with one attached hydrogen (secondary N) is 1. The normalized spacial score (nSPS) is 17.9. The quantitative estimate of drug-likeness (QED) is 0.844. The average molecular weight is 221 g/mol. The molecule has 0 aliphatic heterocycles. The lowest BCUT2D eigenvalue weighted by Crippen LogP contribution is -2.34. The Morgan fingerprint density at radius 1 is 1.62 bits per heavy atom. The van der Waals surface area contributed by atoms with Crippen LogP contribution in [0.15, 0.2) is 17.2 Å². The number of aromatic nitrogens is 2. The molecule has 1 fully saturated rings. The van der Waals surface area contributed by atoms with Gasteiger partial charge in [-0.2, -0.15) is 0 Å². The van der Waals surface area contributed by atoms with E-state index in [4.69, 9.17) is 0 Å². The van der Waals surface area contributed by atoms with E-state index < -0.39 is 0 Å². The smallest absolute Gasteiger partial charge is 0.293 e. The van der Waals surface area contributed by atoms with Crippen molar-refractivity contribution in [3.63, 3.8) is 0 Å². The predicted octanol–water partition coefficient (Wildman–Crippen LogP) is 1.86. The summed E-state index contributed by atoms with van der Waals surface area (Å²) in [7, 11) is 0. The molecule has 1 N–H and O–H groups in total. The molecule has 0 aromatic carbocycles. The van der Waals surface area contributed by atoms with Crippen LogP contribution in [0.3, 0.4) is 0 Å². The van der Waals surface area contributed by atoms with Crippen LogP contribution in [0.2, 0.25) is 0 Å². The van der Waals surface area contributed by atoms with Gasteiger partial charge in [0.05, 0.1) is 0 Å². The van der Waals surface area contributed by atoms with E-state index in [2.05, 4.69) is 17.2 Å². The maximum atomic E-state index is 11.9. The summed E-state index contributed by atoms with van der Waals surface area (Å²) in [5.41, 5.74) is -0.0174. The van der Waals surface area contributed by atoms with Crippen molar-refractivity contribution in [3.05, 3.63) is 22.7 Å². The fourth-order valence-electron chi connectivity index (χ4n) is 2.07. The summed E-state index contributed by atoms with van der Waals surface area (Å²) in [6.45, 7) is 4.78. The Morgan fingerprint density at radius 3 is 2.94 bits per heavy atom. The summed E-state index contributed by atoms with van der Waals surface area (Å²) in [4.78, 5) is 16.0. The fraction of sp³-hybridized carbons (Fsp3) is 0.667. The van der Waals surface area contributed by atoms with Crippen molar-refractivity contribution >= 4 is 5.82 Å². The largest absolute Gasteiger partial charge is 0.363 e. The molecule has 1 aromatic heterocycles. The molecule has 88 valence electrons. The van der Waals surface area contributed by atoms with E-state index in [0.717, 1.165) is 0 Å². The van der Waals surface area contributed by atoms with Gasteiger partial charge in [0.2, 0.25) is 0 Å². The lowest BCUT2D eigenvalue weighted by molar-refractivity contribution is 0.284. The van der Waals surface area contributed by atoms with Gasteiger partial charge in [-0.15, -0.1) is 0 Å². The van der Waals surface area contributed by atoms with E-state index in [9.17, 15) is 4.79 Å². The fourth-order valence-corrected chi connectivity index (χ4v) is 2.07. The Bertz CT molecular complexity index is 409. The van der Waals surface area contributed by atoms with Gasteiger partial charge in [-0.1, -0.05) is 6.42 Å². The molecule has 1 aliphatic carbocycles. The Morgan fingerprint density at radius 2 is 2.38 bits per heavy atom. The van der Waals surface area contributed by atoms with E-state index in [0.29, 0.717) is 24.3 Å². The lowest BCUT2D eigenvalue weighted by Gasteiger charge is -2.32. The molecule has 16 heavy (non-hydrogen) atoms. The first-order chi connectivity index (χ1) is 7.72. The summed E-state index contributed by atoms with van der Waals surface area (Å²) in [6.07, 6.45) is 7.26. The van der Waals surface area contributed by atoms with E-state index in [-0.39, 0.29) is 5.56 Å². The topological polar surface area (TPSA) is 46.9 Å². The van der Waals surface area contributed by atoms with Crippen molar-refractivity contribution in [2.45, 2.75) is 45.7 Å². The van der Waals surface area contributed by atoms with E-state index in [1.54, 1.807) is 17.0 Å². The van der Waals surface area contributed by atoms with Crippen LogP contribution in [-0.4, -0.2) is 15.6 Å². The summed E-state index contributed by atoms with van der Waals surface area (Å²) in [5.74, 6) is 1.19. The highest BCUT2D eigenvalue weighted by atomic mass is 16.1. The highest BCUT2D eigenvalue weighted by Gasteiger charge is 2.24. The number of hydrogen-bond donors (Lipinski definition) is 1. The molecule has 1 heterocycles. The number of rotatable bonds is 4. The zero-order valence-corrected chi connectivity index (χ0v) is 9.94. The second-order valence-electron chi connectivity index (χ2n) is 4.49. The van der Waals surface area contributed by atoms with Crippen molar-refractivity contribution in [2.75, 3.05) is 5.32 Å². The van der Waals surface area contributed by atoms with Gasteiger partial charge in [-0.25, -0.2) is 4.98 Å². The molecular formula is C12H19N3O. The summed E-state index contributed by atoms with van der Waals surface area (Å²) < 4.78 is 1.67. The van der Waals surface area contributed by atoms with Crippen LogP contribution in [0.5, 0.6) is 0 Å². The molecule has 1 atom stereocenters. The first-order valence-corrected chi connectivity index (χ1v) is 6.04. The third-order valence-electron chi connectivity index (χ3n) is 3.48. The molecule has 1 aliphatic rings. The molecule has 1 unspecified atom stereocenters. The van der Waals surface area contributed by atoms with E-state index in [1.165, 1.54) is 19.3 Å². The Labute approximate surface area is 95.7 Å². The molecule has 0 spiro atoms. The van der Waals surface area contributed by atoms with Crippen LogP contribution >= 0.6 is 0 Å². The van der Waals surface area contributed by atoms with Crippen LogP contribution in [0, 0.1) is 5.92 Å². The van der Waals surface area contributed by atoms with Gasteiger partial charge in [-0.05, 0) is 32.6 Å². The monoisotopic (exact) mass is 221 g/mol. The third kappa shape index (κ3) is 2.10. The number of aryl methyl sites for hydroxylation is 1. The zero-order chi connectivity index (χ0) is 11.5. The standard InChI is InChI=1S/C12H19N3O/c1-3-15-8-7-13-11(12(15)16)14-9(2)10-5-4-6-10/h7-10H,3-6H2,1-2H3,(H,13,14). The number of hydrogen-bond acceptors (Lipinski definition) is 3. The van der Waals surface area contributed by atoms with Crippen LogP contribution < -0.4 is 10.9 Å². The number of nitrogens with zero attached hydrogens (tertiary/aromatic N) is 2. The first kappa shape index (κ1) is 11.2. The van der Waals surface area contributed by atoms with Crippen LogP contribution in [0.25, 0.3) is 0 Å². The maximum absolute atomic E-state index is 11.9. The Hall–Kier alpha value is -1.32. The minimum absolute atomic E-state index is 0.0174. The minimum Gasteiger partial charge on any atom is -0.363 e. The zero-order valence-electron chi connectivity index (χ0n) is 9.94. The second-order valence-corrected chi connectivity index (χ2v) is 4.49. The molecule has 1 saturated carbocycles. The van der Waals surface area contributed by atoms with Crippen molar-refractivity contribution in [3.8, 4) is 0 Å². The highest BCUT2D eigenvalue weighted by molar-refractivity contribution is 5.32. The van der Waals surface area contributed by atoms with Crippen LogP contribution in [0.4, 0.5) is 5.82 Å². The molecular weight excluding hydrogens is 202 g/mol. The summed E-state index contributed by atoms with van der Waals surface area (Å²) in [6, 6.07) is 0.349. The maximum Gasteiger partial charge on any atom is 0.293 e. The molecule has 0 bridgehead atoms. The highest BCUT2D eigenvalue weighted by Crippen LogP contribution is 2.30. The van der Waals surface area contributed by atoms with Gasteiger partial charge in [0.15, 0.2) is 5.82 Å². The van der Waals surface area contributed by atoms with Gasteiger partial charge in [0.1, 0.15) is 0 Å². The second kappa shape index (κ2) is 4.68. The molecule has 0 amide bonds. The molecule has 4 nitrogen and oxygen atoms in total. The predicted molar refractivity (Wildman–Crippen MR) is 64.6 cm³/mol. The SMILES string of the molecule is CCn1ccnc(NC(C)C2CCC2)c1=O. The van der Waals surface area contributed by atoms with Crippen LogP contribution in [0.1, 0.15) is 33.1 Å². The summed E-state index contributed by atoms with van der Waals surface area (Å²) in [5, 5.41) is 3.24. The average Bonchev–Trinajstić information content (AvgIpc) is 2.18. The Balaban J connectivity index is 2.11.